The van der Waals surface area contributed by atoms with Crippen LogP contribution in [-0.2, 0) is 4.74 Å². The zero-order valence-electron chi connectivity index (χ0n) is 15.1. The van der Waals surface area contributed by atoms with Crippen molar-refractivity contribution in [3.63, 3.8) is 0 Å². The van der Waals surface area contributed by atoms with Gasteiger partial charge in [-0.2, -0.15) is 0 Å². The molecule has 1 aliphatic rings. The predicted molar refractivity (Wildman–Crippen MR) is 110 cm³/mol. The van der Waals surface area contributed by atoms with Crippen LogP contribution in [0.15, 0.2) is 54.7 Å². The van der Waals surface area contributed by atoms with Gasteiger partial charge in [0.05, 0.1) is 40.1 Å². The van der Waals surface area contributed by atoms with E-state index in [1.54, 1.807) is 11.1 Å². The summed E-state index contributed by atoms with van der Waals surface area (Å²) in [5, 5.41) is 0.664. The summed E-state index contributed by atoms with van der Waals surface area (Å²) in [5.41, 5.74) is 2.67. The molecule has 28 heavy (non-hydrogen) atoms. The Kier molecular flexibility index (Phi) is 4.46. The number of benzene rings is 2. The minimum atomic E-state index is -0.201. The van der Waals surface area contributed by atoms with E-state index in [1.165, 1.54) is 11.3 Å². The third kappa shape index (κ3) is 3.23. The van der Waals surface area contributed by atoms with Crippen LogP contribution in [0.5, 0.6) is 0 Å². The summed E-state index contributed by atoms with van der Waals surface area (Å²) in [6.45, 7) is 1.20. The van der Waals surface area contributed by atoms with Gasteiger partial charge in [0.2, 0.25) is 0 Å². The van der Waals surface area contributed by atoms with Crippen molar-refractivity contribution in [3.8, 4) is 0 Å². The van der Waals surface area contributed by atoms with Crippen molar-refractivity contribution in [2.24, 2.45) is 0 Å². The largest absolute Gasteiger partial charge is 0.376 e. The van der Waals surface area contributed by atoms with E-state index in [0.29, 0.717) is 22.9 Å². The number of para-hydroxylation sites is 3. The number of nitrogens with zero attached hydrogens (tertiary/aromatic N) is 4. The standard InChI is InChI=1S/C21H18N4O2S/c26-20(18-12-22-15-7-1-2-8-16(15)23-18)25(13-14-6-5-11-27-14)21-24-17-9-3-4-10-19(17)28-21/h1-4,7-10,12,14H,5-6,11,13H2/t14-/m0/s1. The van der Waals surface area contributed by atoms with Gasteiger partial charge in [-0.15, -0.1) is 0 Å². The maximum atomic E-state index is 13.4. The Morgan fingerprint density at radius 2 is 1.86 bits per heavy atom. The molecule has 140 valence electrons. The lowest BCUT2D eigenvalue weighted by molar-refractivity contribution is 0.0913. The first-order valence-corrected chi connectivity index (χ1v) is 10.1. The second-order valence-electron chi connectivity index (χ2n) is 6.76. The molecule has 0 aliphatic carbocycles. The molecule has 6 nitrogen and oxygen atoms in total. The smallest absolute Gasteiger partial charge is 0.280 e. The van der Waals surface area contributed by atoms with Gasteiger partial charge in [0, 0.05) is 6.61 Å². The van der Waals surface area contributed by atoms with Crippen molar-refractivity contribution in [1.29, 1.82) is 0 Å². The highest BCUT2D eigenvalue weighted by Gasteiger charge is 2.28. The highest BCUT2D eigenvalue weighted by Crippen LogP contribution is 2.30. The molecule has 5 rings (SSSR count). The number of amides is 1. The minimum absolute atomic E-state index is 0.0179. The second-order valence-corrected chi connectivity index (χ2v) is 7.77. The van der Waals surface area contributed by atoms with Gasteiger partial charge in [-0.1, -0.05) is 35.6 Å². The van der Waals surface area contributed by atoms with E-state index >= 15 is 0 Å². The quantitative estimate of drug-likeness (QED) is 0.525. The lowest BCUT2D eigenvalue weighted by Gasteiger charge is -2.22. The lowest BCUT2D eigenvalue weighted by atomic mass is 10.2. The van der Waals surface area contributed by atoms with Crippen LogP contribution in [0.2, 0.25) is 0 Å². The molecule has 1 fully saturated rings. The monoisotopic (exact) mass is 390 g/mol. The fourth-order valence-corrected chi connectivity index (χ4v) is 4.39. The SMILES string of the molecule is O=C(c1cnc2ccccc2n1)N(C[C@@H]1CCCO1)c1nc2ccccc2s1. The van der Waals surface area contributed by atoms with Crippen LogP contribution < -0.4 is 4.90 Å². The highest BCUT2D eigenvalue weighted by molar-refractivity contribution is 7.22. The molecule has 0 bridgehead atoms. The summed E-state index contributed by atoms with van der Waals surface area (Å²) >= 11 is 1.51. The number of hydrogen-bond acceptors (Lipinski definition) is 6. The summed E-state index contributed by atoms with van der Waals surface area (Å²) in [5.74, 6) is -0.201. The zero-order valence-corrected chi connectivity index (χ0v) is 15.9. The average Bonchev–Trinajstić information content (AvgIpc) is 3.40. The molecule has 0 N–H and O–H groups in total. The number of aromatic nitrogens is 3. The van der Waals surface area contributed by atoms with Crippen molar-refractivity contribution in [2.75, 3.05) is 18.1 Å². The van der Waals surface area contributed by atoms with Gasteiger partial charge in [0.25, 0.3) is 5.91 Å². The van der Waals surface area contributed by atoms with E-state index in [0.717, 1.165) is 35.2 Å². The molecular formula is C21H18N4O2S. The van der Waals surface area contributed by atoms with E-state index in [2.05, 4.69) is 15.0 Å². The number of ether oxygens (including phenoxy) is 1. The molecule has 4 aromatic rings. The van der Waals surface area contributed by atoms with Crippen LogP contribution in [-0.4, -0.2) is 40.1 Å². The van der Waals surface area contributed by atoms with Crippen molar-refractivity contribution in [1.82, 2.24) is 15.0 Å². The molecule has 1 atom stereocenters. The highest BCUT2D eigenvalue weighted by atomic mass is 32.1. The van der Waals surface area contributed by atoms with Crippen molar-refractivity contribution in [3.05, 3.63) is 60.4 Å². The number of fused-ring (bicyclic) bond motifs is 2. The minimum Gasteiger partial charge on any atom is -0.376 e. The molecule has 0 radical (unpaired) electrons. The number of thiazole rings is 1. The van der Waals surface area contributed by atoms with Gasteiger partial charge in [-0.3, -0.25) is 14.7 Å². The third-order valence-corrected chi connectivity index (χ3v) is 5.90. The Hall–Kier alpha value is -2.90. The Bertz CT molecular complexity index is 1120. The fraction of sp³-hybridized carbons (Fsp3) is 0.238. The number of carbonyl (C=O) groups excluding carboxylic acids is 1. The molecule has 0 saturated carbocycles. The summed E-state index contributed by atoms with van der Waals surface area (Å²) in [6, 6.07) is 15.4. The number of carbonyl (C=O) groups is 1. The Morgan fingerprint density at radius 3 is 2.64 bits per heavy atom. The zero-order chi connectivity index (χ0) is 18.9. The molecule has 1 saturated heterocycles. The number of anilines is 1. The Morgan fingerprint density at radius 1 is 1.07 bits per heavy atom. The van der Waals surface area contributed by atoms with Crippen LogP contribution in [0.4, 0.5) is 5.13 Å². The summed E-state index contributed by atoms with van der Waals surface area (Å²) < 4.78 is 6.83. The fourth-order valence-electron chi connectivity index (χ4n) is 3.41. The predicted octanol–water partition coefficient (Wildman–Crippen LogP) is 4.07. The summed E-state index contributed by atoms with van der Waals surface area (Å²) in [6.07, 6.45) is 3.52. The van der Waals surface area contributed by atoms with E-state index in [1.807, 2.05) is 48.5 Å². The first-order valence-electron chi connectivity index (χ1n) is 9.29. The normalized spacial score (nSPS) is 16.6. The Balaban J connectivity index is 1.54. The lowest BCUT2D eigenvalue weighted by Crippen LogP contribution is -2.38. The molecule has 1 aliphatic heterocycles. The van der Waals surface area contributed by atoms with Gasteiger partial charge < -0.3 is 4.74 Å². The molecule has 1 amide bonds. The number of hydrogen-bond donors (Lipinski definition) is 0. The molecule has 2 aromatic carbocycles. The topological polar surface area (TPSA) is 68.2 Å². The van der Waals surface area contributed by atoms with Crippen LogP contribution in [0.3, 0.4) is 0 Å². The molecule has 2 aromatic heterocycles. The van der Waals surface area contributed by atoms with Crippen LogP contribution >= 0.6 is 11.3 Å². The third-order valence-electron chi connectivity index (χ3n) is 4.84. The second kappa shape index (κ2) is 7.26. The molecule has 0 spiro atoms. The van der Waals surface area contributed by atoms with Crippen molar-refractivity contribution in [2.45, 2.75) is 18.9 Å². The maximum Gasteiger partial charge on any atom is 0.280 e. The van der Waals surface area contributed by atoms with Crippen LogP contribution in [0, 0.1) is 0 Å². The van der Waals surface area contributed by atoms with Gasteiger partial charge in [-0.25, -0.2) is 9.97 Å². The molecular weight excluding hydrogens is 372 g/mol. The maximum absolute atomic E-state index is 13.4. The van der Waals surface area contributed by atoms with Gasteiger partial charge in [-0.05, 0) is 37.1 Å². The van der Waals surface area contributed by atoms with Gasteiger partial charge in [0.1, 0.15) is 5.69 Å². The first kappa shape index (κ1) is 17.2. The molecule has 7 heteroatoms. The number of rotatable bonds is 4. The average molecular weight is 390 g/mol. The van der Waals surface area contributed by atoms with Gasteiger partial charge in [0.15, 0.2) is 5.13 Å². The van der Waals surface area contributed by atoms with E-state index in [4.69, 9.17) is 4.74 Å². The Labute approximate surface area is 165 Å². The van der Waals surface area contributed by atoms with Crippen molar-refractivity contribution < 1.29 is 9.53 Å². The van der Waals surface area contributed by atoms with Crippen molar-refractivity contribution >= 4 is 43.6 Å². The first-order chi connectivity index (χ1) is 13.8. The van der Waals surface area contributed by atoms with Crippen LogP contribution in [0.1, 0.15) is 23.3 Å². The van der Waals surface area contributed by atoms with E-state index in [-0.39, 0.29) is 12.0 Å². The molecule has 0 unspecified atom stereocenters. The molecule has 3 heterocycles. The van der Waals surface area contributed by atoms with E-state index in [9.17, 15) is 4.79 Å². The van der Waals surface area contributed by atoms with Gasteiger partial charge >= 0.3 is 0 Å². The summed E-state index contributed by atoms with van der Waals surface area (Å²) in [7, 11) is 0. The van der Waals surface area contributed by atoms with E-state index < -0.39 is 0 Å². The van der Waals surface area contributed by atoms with Crippen LogP contribution in [0.25, 0.3) is 21.3 Å². The summed E-state index contributed by atoms with van der Waals surface area (Å²) in [4.78, 5) is 28.7.